The molecule has 0 aliphatic heterocycles. The minimum Gasteiger partial charge on any atom is -0.514 e. The van der Waals surface area contributed by atoms with E-state index < -0.39 is 0 Å². The van der Waals surface area contributed by atoms with Crippen LogP contribution >= 0.6 is 0 Å². The molecule has 0 atom stereocenters. The van der Waals surface area contributed by atoms with Gasteiger partial charge in [0.25, 0.3) is 0 Å². The molecule has 0 heterocycles. The van der Waals surface area contributed by atoms with Gasteiger partial charge in [-0.15, -0.1) is 0 Å². The highest BCUT2D eigenvalue weighted by Crippen LogP contribution is 1.71. The van der Waals surface area contributed by atoms with Gasteiger partial charge in [-0.05, 0) is 0 Å². The molecule has 0 bridgehead atoms. The Morgan fingerprint density at radius 3 is 2.33 bits per heavy atom. The normalized spacial score (nSPS) is 11.8. The monoisotopic (exact) mass is 89.0 g/mol. The van der Waals surface area contributed by atoms with Crippen LogP contribution in [0.5, 0.6) is 0 Å². The predicted molar refractivity (Wildman–Crippen MR) is 22.0 cm³/mol. The highest BCUT2D eigenvalue weighted by molar-refractivity contribution is 4.88. The molecule has 4 N–H and O–H groups in total. The van der Waals surface area contributed by atoms with Crippen LogP contribution in [-0.2, 0) is 0 Å². The molecular weight excluding hydrogens is 82.0 g/mol. The molecule has 0 spiro atoms. The summed E-state index contributed by atoms with van der Waals surface area (Å²) in [5.74, 6) is 0. The van der Waals surface area contributed by atoms with Crippen molar-refractivity contribution in [3.8, 4) is 0 Å². The lowest BCUT2D eigenvalue weighted by Crippen LogP contribution is -2.00. The molecule has 0 aromatic rings. The van der Waals surface area contributed by atoms with Gasteiger partial charge in [0.15, 0.2) is 0 Å². The van der Waals surface area contributed by atoms with Gasteiger partial charge in [0, 0.05) is 0 Å². The molecule has 0 radical (unpaired) electrons. The van der Waals surface area contributed by atoms with E-state index in [2.05, 4.69) is 0 Å². The molecule has 0 unspecified atom stereocenters. The Balaban J connectivity index is 3.22. The van der Waals surface area contributed by atoms with Crippen LogP contribution in [0, 0.1) is 0 Å². The number of aliphatic hydroxyl groups is 2. The third-order valence-corrected chi connectivity index (χ3v) is 0.348. The first-order chi connectivity index (χ1) is 2.81. The van der Waals surface area contributed by atoms with Crippen LogP contribution in [0.25, 0.3) is 0 Å². The summed E-state index contributed by atoms with van der Waals surface area (Å²) in [6, 6.07) is 0. The third kappa shape index (κ3) is 1.60. The van der Waals surface area contributed by atoms with Crippen molar-refractivity contribution >= 4 is 0 Å². The van der Waals surface area contributed by atoms with E-state index in [1.807, 2.05) is 0 Å². The van der Waals surface area contributed by atoms with E-state index in [1.54, 1.807) is 0 Å². The zero-order valence-corrected chi connectivity index (χ0v) is 3.26. The molecule has 3 nitrogen and oxygen atoms in total. The Morgan fingerprint density at radius 2 is 2.33 bits per heavy atom. The number of nitrogens with two attached hydrogens (primary N) is 1. The van der Waals surface area contributed by atoms with Crippen molar-refractivity contribution < 1.29 is 10.2 Å². The third-order valence-electron chi connectivity index (χ3n) is 0.348. The molecule has 0 saturated heterocycles. The molecule has 6 heavy (non-hydrogen) atoms. The lowest BCUT2D eigenvalue weighted by molar-refractivity contribution is 0.322. The molecule has 0 amide bonds. The van der Waals surface area contributed by atoms with Gasteiger partial charge in [-0.2, -0.15) is 0 Å². The van der Waals surface area contributed by atoms with Crippen molar-refractivity contribution in [1.82, 2.24) is 0 Å². The van der Waals surface area contributed by atoms with E-state index in [0.717, 1.165) is 0 Å². The fourth-order valence-electron chi connectivity index (χ4n) is 0.0408. The van der Waals surface area contributed by atoms with Crippen LogP contribution in [0.4, 0.5) is 0 Å². The molecule has 0 fully saturated rings. The molecule has 0 aromatic heterocycles. The maximum Gasteiger partial charge on any atom is 0.100 e. The topological polar surface area (TPSA) is 66.5 Å². The predicted octanol–water partition coefficient (Wildman–Crippen LogP) is -0.663. The Bertz CT molecular complexity index is 59.8. The quantitative estimate of drug-likeness (QED) is 0.373. The summed E-state index contributed by atoms with van der Waals surface area (Å²) in [5.41, 5.74) is 4.91. The summed E-state index contributed by atoms with van der Waals surface area (Å²) in [5, 5.41) is 15.9. The maximum absolute atomic E-state index is 7.98. The first-order valence-corrected chi connectivity index (χ1v) is 1.51. The number of hydrogen-bond donors (Lipinski definition) is 3. The Morgan fingerprint density at radius 1 is 1.83 bits per heavy atom. The minimum atomic E-state index is -0.281. The van der Waals surface area contributed by atoms with Gasteiger partial charge < -0.3 is 15.9 Å². The summed E-state index contributed by atoms with van der Waals surface area (Å²) in [6.07, 6.45) is 0.667. The SMILES string of the molecule is NC(=CO)CO. The molecule has 0 saturated carbocycles. The Hall–Kier alpha value is -0.700. The van der Waals surface area contributed by atoms with Crippen LogP contribution in [-0.4, -0.2) is 16.8 Å². The van der Waals surface area contributed by atoms with Crippen LogP contribution in [0.3, 0.4) is 0 Å². The zero-order valence-electron chi connectivity index (χ0n) is 3.26. The van der Waals surface area contributed by atoms with E-state index >= 15 is 0 Å². The number of aliphatic hydroxyl groups excluding tert-OH is 2. The standard InChI is InChI=1S/C3H7NO2/c4-3(1-5)2-6/h1,5-6H,2,4H2. The van der Waals surface area contributed by atoms with Gasteiger partial charge in [0.2, 0.25) is 0 Å². The fourth-order valence-corrected chi connectivity index (χ4v) is 0.0408. The zero-order chi connectivity index (χ0) is 4.99. The van der Waals surface area contributed by atoms with Gasteiger partial charge in [-0.25, -0.2) is 0 Å². The largest absolute Gasteiger partial charge is 0.514 e. The Kier molecular flexibility index (Phi) is 2.24. The van der Waals surface area contributed by atoms with Crippen molar-refractivity contribution in [2.75, 3.05) is 6.61 Å². The lowest BCUT2D eigenvalue weighted by Gasteiger charge is -1.84. The highest BCUT2D eigenvalue weighted by atomic mass is 16.3. The second-order valence-corrected chi connectivity index (χ2v) is 0.862. The van der Waals surface area contributed by atoms with Gasteiger partial charge in [-0.1, -0.05) is 0 Å². The average molecular weight is 89.1 g/mol. The van der Waals surface area contributed by atoms with Crippen LogP contribution in [0.15, 0.2) is 12.0 Å². The fraction of sp³-hybridized carbons (Fsp3) is 0.333. The van der Waals surface area contributed by atoms with Crippen molar-refractivity contribution in [1.29, 1.82) is 0 Å². The van der Waals surface area contributed by atoms with Gasteiger partial charge in [0.1, 0.15) is 6.26 Å². The molecule has 36 valence electrons. The molecular formula is C3H7NO2. The van der Waals surface area contributed by atoms with Crippen LogP contribution in [0.1, 0.15) is 0 Å². The van der Waals surface area contributed by atoms with Crippen molar-refractivity contribution in [3.63, 3.8) is 0 Å². The van der Waals surface area contributed by atoms with Crippen molar-refractivity contribution in [2.24, 2.45) is 5.73 Å². The van der Waals surface area contributed by atoms with Gasteiger partial charge in [-0.3, -0.25) is 0 Å². The van der Waals surface area contributed by atoms with E-state index in [1.165, 1.54) is 0 Å². The van der Waals surface area contributed by atoms with E-state index in [-0.39, 0.29) is 12.3 Å². The second-order valence-electron chi connectivity index (χ2n) is 0.862. The summed E-state index contributed by atoms with van der Waals surface area (Å²) < 4.78 is 0. The van der Waals surface area contributed by atoms with E-state index in [9.17, 15) is 0 Å². The lowest BCUT2D eigenvalue weighted by atomic mass is 10.5. The molecule has 0 aliphatic carbocycles. The first-order valence-electron chi connectivity index (χ1n) is 1.51. The van der Waals surface area contributed by atoms with Crippen molar-refractivity contribution in [2.45, 2.75) is 0 Å². The number of rotatable bonds is 1. The van der Waals surface area contributed by atoms with Gasteiger partial charge in [0.05, 0.1) is 12.3 Å². The molecule has 3 heteroatoms. The molecule has 0 aromatic carbocycles. The summed E-state index contributed by atoms with van der Waals surface area (Å²) in [7, 11) is 0. The van der Waals surface area contributed by atoms with Gasteiger partial charge >= 0.3 is 0 Å². The Labute approximate surface area is 35.7 Å². The second kappa shape index (κ2) is 2.53. The average Bonchev–Trinajstić information content (AvgIpc) is 1.65. The van der Waals surface area contributed by atoms with Crippen LogP contribution < -0.4 is 5.73 Å². The van der Waals surface area contributed by atoms with Crippen molar-refractivity contribution in [3.05, 3.63) is 12.0 Å². The molecule has 0 aliphatic rings. The summed E-state index contributed by atoms with van der Waals surface area (Å²) in [6.45, 7) is -0.281. The van der Waals surface area contributed by atoms with Crippen LogP contribution in [0.2, 0.25) is 0 Å². The first kappa shape index (κ1) is 5.30. The highest BCUT2D eigenvalue weighted by Gasteiger charge is 1.77. The maximum atomic E-state index is 7.98. The van der Waals surface area contributed by atoms with E-state index in [4.69, 9.17) is 15.9 Å². The molecule has 0 rings (SSSR count). The summed E-state index contributed by atoms with van der Waals surface area (Å²) >= 11 is 0. The minimum absolute atomic E-state index is 0.0787. The van der Waals surface area contributed by atoms with E-state index in [0.29, 0.717) is 6.26 Å². The summed E-state index contributed by atoms with van der Waals surface area (Å²) in [4.78, 5) is 0. The smallest absolute Gasteiger partial charge is 0.100 e. The number of hydrogen-bond acceptors (Lipinski definition) is 3.